The highest BCUT2D eigenvalue weighted by molar-refractivity contribution is 6.01. The Morgan fingerprint density at radius 3 is 2.47 bits per heavy atom. The number of nitrogens with one attached hydrogen (secondary N) is 1. The van der Waals surface area contributed by atoms with Crippen molar-refractivity contribution in [3.05, 3.63) is 29.3 Å². The summed E-state index contributed by atoms with van der Waals surface area (Å²) >= 11 is 0. The minimum Gasteiger partial charge on any atom is -0.384 e. The van der Waals surface area contributed by atoms with Gasteiger partial charge in [0.05, 0.1) is 5.56 Å². The molecule has 90 valence electrons. The molecule has 1 aromatic carbocycles. The van der Waals surface area contributed by atoms with E-state index in [1.54, 1.807) is 6.07 Å². The summed E-state index contributed by atoms with van der Waals surface area (Å²) in [7, 11) is 0. The number of hydrogen-bond acceptors (Lipinski definition) is 3. The average molecular weight is 233 g/mol. The van der Waals surface area contributed by atoms with Crippen LogP contribution in [-0.4, -0.2) is 18.4 Å². The predicted molar refractivity (Wildman–Crippen MR) is 64.7 cm³/mol. The third kappa shape index (κ3) is 2.75. The second-order valence-corrected chi connectivity index (χ2v) is 4.31. The number of rotatable bonds is 5. The second kappa shape index (κ2) is 4.45. The van der Waals surface area contributed by atoms with E-state index < -0.39 is 11.8 Å². The summed E-state index contributed by atoms with van der Waals surface area (Å²) in [4.78, 5) is 22.3. The molecular weight excluding hydrogens is 218 g/mol. The fraction of sp³-hybridized carbons (Fsp3) is 0.333. The first kappa shape index (κ1) is 11.4. The Morgan fingerprint density at radius 2 is 1.94 bits per heavy atom. The Kier molecular flexibility index (Phi) is 2.99. The van der Waals surface area contributed by atoms with Gasteiger partial charge >= 0.3 is 0 Å². The van der Waals surface area contributed by atoms with E-state index in [-0.39, 0.29) is 0 Å². The van der Waals surface area contributed by atoms with Gasteiger partial charge in [-0.1, -0.05) is 0 Å². The van der Waals surface area contributed by atoms with Crippen LogP contribution in [0.15, 0.2) is 18.2 Å². The molecule has 0 saturated heterocycles. The topological polar surface area (TPSA) is 98.2 Å². The summed E-state index contributed by atoms with van der Waals surface area (Å²) in [5.74, 6) is -0.372. The molecule has 2 rings (SSSR count). The maximum absolute atomic E-state index is 11.2. The molecule has 5 N–H and O–H groups in total. The van der Waals surface area contributed by atoms with Gasteiger partial charge in [-0.2, -0.15) is 0 Å². The molecule has 5 heteroatoms. The molecule has 17 heavy (non-hydrogen) atoms. The molecule has 0 aliphatic heterocycles. The Labute approximate surface area is 99.2 Å². The zero-order valence-corrected chi connectivity index (χ0v) is 9.40. The van der Waals surface area contributed by atoms with Gasteiger partial charge in [-0.15, -0.1) is 0 Å². The number of amides is 2. The molecule has 0 bridgehead atoms. The van der Waals surface area contributed by atoms with Crippen molar-refractivity contribution in [3.8, 4) is 0 Å². The van der Waals surface area contributed by atoms with Crippen LogP contribution in [0.2, 0.25) is 0 Å². The van der Waals surface area contributed by atoms with E-state index in [0.29, 0.717) is 22.7 Å². The van der Waals surface area contributed by atoms with Crippen LogP contribution < -0.4 is 16.8 Å². The van der Waals surface area contributed by atoms with Gasteiger partial charge in [-0.25, -0.2) is 0 Å². The second-order valence-electron chi connectivity index (χ2n) is 4.31. The minimum absolute atomic E-state index is 0.369. The van der Waals surface area contributed by atoms with Crippen LogP contribution in [0.3, 0.4) is 0 Å². The van der Waals surface area contributed by atoms with Gasteiger partial charge in [0.2, 0.25) is 5.91 Å². The van der Waals surface area contributed by atoms with Crippen LogP contribution in [0.4, 0.5) is 5.69 Å². The van der Waals surface area contributed by atoms with Gasteiger partial charge in [0.1, 0.15) is 0 Å². The van der Waals surface area contributed by atoms with Crippen LogP contribution in [0, 0.1) is 5.92 Å². The van der Waals surface area contributed by atoms with Crippen molar-refractivity contribution in [3.63, 3.8) is 0 Å². The van der Waals surface area contributed by atoms with Gasteiger partial charge in [-0.05, 0) is 37.0 Å². The summed E-state index contributed by atoms with van der Waals surface area (Å²) in [6, 6.07) is 4.60. The highest BCUT2D eigenvalue weighted by Crippen LogP contribution is 2.29. The normalized spacial score (nSPS) is 14.4. The third-order valence-electron chi connectivity index (χ3n) is 2.85. The molecule has 0 atom stereocenters. The molecule has 1 saturated carbocycles. The number of carbonyl (C=O) groups is 2. The van der Waals surface area contributed by atoms with Crippen LogP contribution in [0.25, 0.3) is 0 Å². The molecule has 0 aromatic heterocycles. The predicted octanol–water partition coefficient (Wildman–Crippen LogP) is 0.706. The number of hydrogen-bond donors (Lipinski definition) is 3. The monoisotopic (exact) mass is 233 g/mol. The summed E-state index contributed by atoms with van der Waals surface area (Å²) < 4.78 is 0. The fourth-order valence-electron chi connectivity index (χ4n) is 1.63. The van der Waals surface area contributed by atoms with Crippen molar-refractivity contribution < 1.29 is 9.59 Å². The number of benzene rings is 1. The summed E-state index contributed by atoms with van der Waals surface area (Å²) in [5, 5.41) is 3.14. The molecule has 1 aliphatic carbocycles. The van der Waals surface area contributed by atoms with Crippen LogP contribution >= 0.6 is 0 Å². The molecule has 2 amide bonds. The molecule has 1 fully saturated rings. The number of nitrogens with two attached hydrogens (primary N) is 2. The number of carbonyl (C=O) groups excluding carboxylic acids is 2. The van der Waals surface area contributed by atoms with Gasteiger partial charge in [0, 0.05) is 17.8 Å². The van der Waals surface area contributed by atoms with E-state index in [1.807, 2.05) is 0 Å². The van der Waals surface area contributed by atoms with Gasteiger partial charge in [-0.3, -0.25) is 9.59 Å². The van der Waals surface area contributed by atoms with Crippen molar-refractivity contribution in [2.45, 2.75) is 12.8 Å². The quantitative estimate of drug-likeness (QED) is 0.698. The molecule has 1 aliphatic rings. The lowest BCUT2D eigenvalue weighted by atomic mass is 10.1. The Morgan fingerprint density at radius 1 is 1.24 bits per heavy atom. The molecule has 5 nitrogen and oxygen atoms in total. The van der Waals surface area contributed by atoms with E-state index >= 15 is 0 Å². The average Bonchev–Trinajstić information content (AvgIpc) is 3.09. The van der Waals surface area contributed by atoms with Crippen molar-refractivity contribution in [1.29, 1.82) is 0 Å². The van der Waals surface area contributed by atoms with Crippen molar-refractivity contribution in [2.24, 2.45) is 17.4 Å². The first-order chi connectivity index (χ1) is 8.08. The summed E-state index contributed by atoms with van der Waals surface area (Å²) in [6.07, 6.45) is 2.41. The lowest BCUT2D eigenvalue weighted by Gasteiger charge is -2.10. The molecule has 1 aromatic rings. The molecule has 0 unspecified atom stereocenters. The Balaban J connectivity index is 2.24. The maximum atomic E-state index is 11.2. The van der Waals surface area contributed by atoms with Crippen molar-refractivity contribution >= 4 is 17.5 Å². The Bertz CT molecular complexity index is 467. The molecule has 0 radical (unpaired) electrons. The van der Waals surface area contributed by atoms with Crippen molar-refractivity contribution in [1.82, 2.24) is 0 Å². The Hall–Kier alpha value is -2.04. The first-order valence-electron chi connectivity index (χ1n) is 5.55. The first-order valence-corrected chi connectivity index (χ1v) is 5.55. The molecular formula is C12H15N3O2. The van der Waals surface area contributed by atoms with Crippen LogP contribution in [0.1, 0.15) is 33.6 Å². The zero-order chi connectivity index (χ0) is 12.4. The van der Waals surface area contributed by atoms with Crippen LogP contribution in [-0.2, 0) is 0 Å². The minimum atomic E-state index is -0.518. The van der Waals surface area contributed by atoms with E-state index in [2.05, 4.69) is 5.32 Å². The van der Waals surface area contributed by atoms with E-state index in [9.17, 15) is 9.59 Å². The lowest BCUT2D eigenvalue weighted by molar-refractivity contribution is 0.0989. The largest absolute Gasteiger partial charge is 0.384 e. The summed E-state index contributed by atoms with van der Waals surface area (Å²) in [5.41, 5.74) is 11.8. The van der Waals surface area contributed by atoms with Gasteiger partial charge in [0.15, 0.2) is 0 Å². The third-order valence-corrected chi connectivity index (χ3v) is 2.85. The maximum Gasteiger partial charge on any atom is 0.250 e. The fourth-order valence-corrected chi connectivity index (χ4v) is 1.63. The lowest BCUT2D eigenvalue weighted by Crippen LogP contribution is -2.17. The molecule has 0 spiro atoms. The van der Waals surface area contributed by atoms with Gasteiger partial charge < -0.3 is 16.8 Å². The van der Waals surface area contributed by atoms with E-state index in [1.165, 1.54) is 25.0 Å². The van der Waals surface area contributed by atoms with Crippen LogP contribution in [0.5, 0.6) is 0 Å². The van der Waals surface area contributed by atoms with E-state index in [0.717, 1.165) is 6.54 Å². The number of primary amides is 2. The van der Waals surface area contributed by atoms with Gasteiger partial charge in [0.25, 0.3) is 5.91 Å². The zero-order valence-electron chi connectivity index (χ0n) is 9.40. The highest BCUT2D eigenvalue weighted by Gasteiger charge is 2.21. The highest BCUT2D eigenvalue weighted by atomic mass is 16.1. The van der Waals surface area contributed by atoms with E-state index in [4.69, 9.17) is 11.5 Å². The summed E-state index contributed by atoms with van der Waals surface area (Å²) in [6.45, 7) is 0.794. The molecule has 0 heterocycles. The SMILES string of the molecule is NC(=O)c1ccc(C(N)=O)c(NCC2CC2)c1. The standard InChI is InChI=1S/C12H15N3O2/c13-11(16)8-3-4-9(12(14)17)10(5-8)15-6-7-1-2-7/h3-5,7,15H,1-2,6H2,(H2,13,16)(H2,14,17). The van der Waals surface area contributed by atoms with Crippen molar-refractivity contribution in [2.75, 3.05) is 11.9 Å². The smallest absolute Gasteiger partial charge is 0.250 e. The number of anilines is 1.